The number of likely N-dealkylation sites (tertiary alicyclic amines) is 1. The lowest BCUT2D eigenvalue weighted by atomic mass is 9.73. The van der Waals surface area contributed by atoms with Crippen molar-refractivity contribution in [2.45, 2.75) is 102 Å². The lowest BCUT2D eigenvalue weighted by Gasteiger charge is -2.36. The number of nitrogens with zero attached hydrogens (tertiary/aromatic N) is 1. The van der Waals surface area contributed by atoms with E-state index in [2.05, 4.69) is 79.8 Å². The van der Waals surface area contributed by atoms with Gasteiger partial charge in [0, 0.05) is 24.9 Å². The van der Waals surface area contributed by atoms with E-state index in [0.717, 1.165) is 24.8 Å². The Morgan fingerprint density at radius 2 is 1.76 bits per heavy atom. The van der Waals surface area contributed by atoms with E-state index in [1.54, 1.807) is 0 Å². The van der Waals surface area contributed by atoms with Crippen LogP contribution in [0.5, 0.6) is 0 Å². The van der Waals surface area contributed by atoms with Gasteiger partial charge in [0.15, 0.2) is 8.32 Å². The highest BCUT2D eigenvalue weighted by Crippen LogP contribution is 2.46. The molecule has 0 N–H and O–H groups in total. The molecule has 2 fully saturated rings. The zero-order chi connectivity index (χ0) is 24.4. The standard InChI is InChI=1S/C26H42BNO4Si/c1-23(2,3)33(8,9)30-16-15-28-18-26(17-22(28)29)14-13-19-20(26)11-10-12-21(19)27-31-24(4,5)25(6,7)32-27/h10-12H,13-18H2,1-9H3. The minimum atomic E-state index is -1.81. The summed E-state index contributed by atoms with van der Waals surface area (Å²) in [6.45, 7) is 21.8. The fraction of sp³-hybridized carbons (Fsp3) is 0.731. The van der Waals surface area contributed by atoms with Crippen LogP contribution in [-0.2, 0) is 30.4 Å². The van der Waals surface area contributed by atoms with Gasteiger partial charge >= 0.3 is 7.12 Å². The number of hydrogen-bond donors (Lipinski definition) is 0. The summed E-state index contributed by atoms with van der Waals surface area (Å²) in [5, 5.41) is 0.178. The van der Waals surface area contributed by atoms with E-state index >= 15 is 0 Å². The van der Waals surface area contributed by atoms with Gasteiger partial charge in [-0.1, -0.05) is 39.0 Å². The molecule has 0 radical (unpaired) electrons. The van der Waals surface area contributed by atoms with Gasteiger partial charge in [-0.15, -0.1) is 0 Å². The second kappa shape index (κ2) is 7.94. The van der Waals surface area contributed by atoms with Gasteiger partial charge < -0.3 is 18.6 Å². The van der Waals surface area contributed by atoms with Crippen molar-refractivity contribution in [1.82, 2.24) is 4.90 Å². The van der Waals surface area contributed by atoms with E-state index in [1.165, 1.54) is 11.1 Å². The molecular weight excluding hydrogens is 429 g/mol. The molecule has 1 unspecified atom stereocenters. The largest absolute Gasteiger partial charge is 0.495 e. The van der Waals surface area contributed by atoms with Crippen LogP contribution in [0.15, 0.2) is 18.2 Å². The van der Waals surface area contributed by atoms with Crippen LogP contribution in [-0.4, -0.2) is 57.1 Å². The molecule has 0 bridgehead atoms. The summed E-state index contributed by atoms with van der Waals surface area (Å²) in [4.78, 5) is 15.1. The van der Waals surface area contributed by atoms with Crippen molar-refractivity contribution >= 4 is 26.8 Å². The third-order valence-electron chi connectivity index (χ3n) is 9.11. The van der Waals surface area contributed by atoms with Gasteiger partial charge in [0.05, 0.1) is 17.8 Å². The number of benzene rings is 1. The third-order valence-corrected chi connectivity index (χ3v) is 13.6. The SMILES string of the molecule is CC1(C)OB(c2cccc3c2CCC32CC(=O)N(CCO[Si](C)(C)C(C)(C)C)C2)OC1(C)C. The van der Waals surface area contributed by atoms with Crippen molar-refractivity contribution in [1.29, 1.82) is 0 Å². The normalized spacial score (nSPS) is 26.5. The lowest BCUT2D eigenvalue weighted by Crippen LogP contribution is -2.43. The Hall–Kier alpha value is -1.15. The molecule has 1 aromatic rings. The highest BCUT2D eigenvalue weighted by molar-refractivity contribution is 6.74. The number of amides is 1. The molecule has 33 heavy (non-hydrogen) atoms. The van der Waals surface area contributed by atoms with Crippen molar-refractivity contribution in [3.8, 4) is 0 Å². The van der Waals surface area contributed by atoms with Crippen LogP contribution in [0.25, 0.3) is 0 Å². The van der Waals surface area contributed by atoms with E-state index in [1.807, 2.05) is 4.90 Å². The van der Waals surface area contributed by atoms with Crippen molar-refractivity contribution in [3.05, 3.63) is 29.3 Å². The number of carbonyl (C=O) groups excluding carboxylic acids is 1. The Kier molecular flexibility index (Phi) is 6.00. The van der Waals surface area contributed by atoms with E-state index in [0.29, 0.717) is 19.6 Å². The van der Waals surface area contributed by atoms with Crippen molar-refractivity contribution in [3.63, 3.8) is 0 Å². The summed E-state index contributed by atoms with van der Waals surface area (Å²) in [6, 6.07) is 6.47. The molecule has 0 saturated carbocycles. The first-order valence-corrected chi connectivity index (χ1v) is 15.4. The molecule has 4 rings (SSSR count). The maximum Gasteiger partial charge on any atom is 0.495 e. The zero-order valence-corrected chi connectivity index (χ0v) is 23.1. The highest BCUT2D eigenvalue weighted by atomic mass is 28.4. The fourth-order valence-corrected chi connectivity index (χ4v) is 6.19. The van der Waals surface area contributed by atoms with Gasteiger partial charge in [-0.3, -0.25) is 4.79 Å². The molecule has 1 spiro atoms. The Bertz CT molecular complexity index is 923. The van der Waals surface area contributed by atoms with Crippen LogP contribution in [0.2, 0.25) is 18.1 Å². The van der Waals surface area contributed by atoms with Crippen LogP contribution >= 0.6 is 0 Å². The number of fused-ring (bicyclic) bond motifs is 2. The number of carbonyl (C=O) groups is 1. The molecule has 2 saturated heterocycles. The Balaban J connectivity index is 1.50. The lowest BCUT2D eigenvalue weighted by molar-refractivity contribution is -0.128. The Morgan fingerprint density at radius 1 is 1.12 bits per heavy atom. The summed E-state index contributed by atoms with van der Waals surface area (Å²) in [7, 11) is -2.16. The van der Waals surface area contributed by atoms with Gasteiger partial charge in [-0.05, 0) is 75.3 Å². The molecule has 1 aromatic carbocycles. The fourth-order valence-electron chi connectivity index (χ4n) is 5.16. The first-order chi connectivity index (χ1) is 15.1. The van der Waals surface area contributed by atoms with Crippen LogP contribution in [0, 0.1) is 0 Å². The summed E-state index contributed by atoms with van der Waals surface area (Å²) in [5.74, 6) is 0.253. The summed E-state index contributed by atoms with van der Waals surface area (Å²) in [5.41, 5.74) is 2.96. The van der Waals surface area contributed by atoms with E-state index in [9.17, 15) is 4.79 Å². The van der Waals surface area contributed by atoms with Crippen LogP contribution < -0.4 is 5.46 Å². The number of hydrogen-bond acceptors (Lipinski definition) is 4. The summed E-state index contributed by atoms with van der Waals surface area (Å²) < 4.78 is 19.1. The quantitative estimate of drug-likeness (QED) is 0.597. The van der Waals surface area contributed by atoms with Crippen LogP contribution in [0.4, 0.5) is 0 Å². The second-order valence-corrected chi connectivity index (χ2v) is 17.7. The molecule has 182 valence electrons. The predicted molar refractivity (Wildman–Crippen MR) is 137 cm³/mol. The van der Waals surface area contributed by atoms with E-state index in [-0.39, 0.29) is 34.7 Å². The van der Waals surface area contributed by atoms with Crippen molar-refractivity contribution in [2.75, 3.05) is 19.7 Å². The molecule has 1 amide bonds. The number of rotatable bonds is 5. The maximum absolute atomic E-state index is 13.0. The first-order valence-electron chi connectivity index (χ1n) is 12.5. The average molecular weight is 472 g/mol. The van der Waals surface area contributed by atoms with Gasteiger partial charge in [0.25, 0.3) is 0 Å². The maximum atomic E-state index is 13.0. The minimum absolute atomic E-state index is 0.0942. The second-order valence-electron chi connectivity index (χ2n) is 12.8. The molecule has 0 aromatic heterocycles. The topological polar surface area (TPSA) is 48.0 Å². The smallest absolute Gasteiger partial charge is 0.415 e. The molecule has 3 aliphatic rings. The van der Waals surface area contributed by atoms with Crippen LogP contribution in [0.1, 0.15) is 72.4 Å². The van der Waals surface area contributed by atoms with Crippen LogP contribution in [0.3, 0.4) is 0 Å². The van der Waals surface area contributed by atoms with Gasteiger partial charge in [0.1, 0.15) is 0 Å². The van der Waals surface area contributed by atoms with Gasteiger partial charge in [0.2, 0.25) is 5.91 Å². The van der Waals surface area contributed by atoms with Crippen molar-refractivity contribution in [2.24, 2.45) is 0 Å². The summed E-state index contributed by atoms with van der Waals surface area (Å²) in [6.07, 6.45) is 2.56. The molecular formula is C26H42BNO4Si. The molecule has 1 aliphatic carbocycles. The average Bonchev–Trinajstić information content (AvgIpc) is 3.26. The molecule has 1 atom stereocenters. The zero-order valence-electron chi connectivity index (χ0n) is 22.1. The van der Waals surface area contributed by atoms with Crippen molar-refractivity contribution < 1.29 is 18.5 Å². The molecule has 2 heterocycles. The van der Waals surface area contributed by atoms with Gasteiger partial charge in [-0.2, -0.15) is 0 Å². The Morgan fingerprint density at radius 3 is 2.36 bits per heavy atom. The predicted octanol–water partition coefficient (Wildman–Crippen LogP) is 4.42. The van der Waals surface area contributed by atoms with E-state index in [4.69, 9.17) is 13.7 Å². The monoisotopic (exact) mass is 471 g/mol. The highest BCUT2D eigenvalue weighted by Gasteiger charge is 2.54. The molecule has 5 nitrogen and oxygen atoms in total. The van der Waals surface area contributed by atoms with Gasteiger partial charge in [-0.25, -0.2) is 0 Å². The molecule has 2 aliphatic heterocycles. The summed E-state index contributed by atoms with van der Waals surface area (Å²) >= 11 is 0. The minimum Gasteiger partial charge on any atom is -0.415 e. The first kappa shape index (κ1) is 25.0. The molecule has 7 heteroatoms. The van der Waals surface area contributed by atoms with E-state index < -0.39 is 8.32 Å². The Labute approximate surface area is 201 Å². The third kappa shape index (κ3) is 4.24.